The molecule has 0 aromatic carbocycles. The quantitative estimate of drug-likeness (QED) is 0.636. The molecule has 28 heavy (non-hydrogen) atoms. The summed E-state index contributed by atoms with van der Waals surface area (Å²) in [6.45, 7) is 5.15. The second-order valence-corrected chi connectivity index (χ2v) is 9.40. The summed E-state index contributed by atoms with van der Waals surface area (Å²) in [6.07, 6.45) is 9.71. The van der Waals surface area contributed by atoms with Gasteiger partial charge in [0.25, 0.3) is 0 Å². The van der Waals surface area contributed by atoms with E-state index < -0.39 is 0 Å². The molecule has 2 amide bonds. The van der Waals surface area contributed by atoms with E-state index in [0.29, 0.717) is 35.7 Å². The summed E-state index contributed by atoms with van der Waals surface area (Å²) in [6, 6.07) is 0.938. The van der Waals surface area contributed by atoms with Gasteiger partial charge in [0.2, 0.25) is 11.8 Å². The van der Waals surface area contributed by atoms with Crippen LogP contribution < -0.4 is 0 Å². The largest absolute Gasteiger partial charge is 0.381 e. The molecule has 2 saturated carbocycles. The Kier molecular flexibility index (Phi) is 6.56. The van der Waals surface area contributed by atoms with Gasteiger partial charge in [-0.05, 0) is 57.3 Å². The highest BCUT2D eigenvalue weighted by atomic mass is 16.5. The van der Waals surface area contributed by atoms with Crippen LogP contribution in [0.4, 0.5) is 0 Å². The minimum absolute atomic E-state index is 0.295. The average Bonchev–Trinajstić information content (AvgIpc) is 3.63. The van der Waals surface area contributed by atoms with E-state index in [1.807, 2.05) is 11.9 Å². The number of ether oxygens (including phenoxy) is 1. The second kappa shape index (κ2) is 9.12. The Hall–Kier alpha value is -1.14. The summed E-state index contributed by atoms with van der Waals surface area (Å²) < 4.78 is 5.60. The third kappa shape index (κ3) is 5.26. The van der Waals surface area contributed by atoms with Gasteiger partial charge in [-0.3, -0.25) is 14.5 Å². The van der Waals surface area contributed by atoms with Gasteiger partial charge in [-0.1, -0.05) is 0 Å². The lowest BCUT2D eigenvalue weighted by molar-refractivity contribution is -0.135. The van der Waals surface area contributed by atoms with Gasteiger partial charge in [0.15, 0.2) is 0 Å². The van der Waals surface area contributed by atoms with Crippen molar-refractivity contribution < 1.29 is 14.3 Å². The van der Waals surface area contributed by atoms with Crippen molar-refractivity contribution in [3.63, 3.8) is 0 Å². The van der Waals surface area contributed by atoms with Crippen molar-refractivity contribution in [2.45, 2.75) is 69.9 Å². The maximum Gasteiger partial charge on any atom is 0.225 e. The van der Waals surface area contributed by atoms with E-state index in [0.717, 1.165) is 84.3 Å². The van der Waals surface area contributed by atoms with Gasteiger partial charge < -0.3 is 14.5 Å². The van der Waals surface area contributed by atoms with Crippen LogP contribution in [0, 0.1) is 11.8 Å². The first kappa shape index (κ1) is 20.1. The number of likely N-dealkylation sites (N-methyl/N-ethyl adjacent to an activating group) is 1. The maximum atomic E-state index is 12.6. The second-order valence-electron chi connectivity index (χ2n) is 9.40. The Balaban J connectivity index is 1.36. The number of likely N-dealkylation sites (tertiary alicyclic amines) is 1. The Bertz CT molecular complexity index is 555. The Morgan fingerprint density at radius 3 is 2.39 bits per heavy atom. The molecular weight excluding hydrogens is 354 g/mol. The molecule has 2 saturated heterocycles. The average molecular weight is 392 g/mol. The van der Waals surface area contributed by atoms with E-state index >= 15 is 0 Å². The fraction of sp³-hybridized carbons (Fsp3) is 0.909. The third-order valence-electron chi connectivity index (χ3n) is 7.04. The standard InChI is InChI=1S/C22H37N3O3/c1-23(21(26)15-17-4-5-17)11-12-25(19-8-13-28-14-9-19)20-3-2-10-24(16-20)22(27)18-6-7-18/h17-20H,2-16H2,1H3. The number of nitrogens with zero attached hydrogens (tertiary/aromatic N) is 3. The molecule has 6 nitrogen and oxygen atoms in total. The monoisotopic (exact) mass is 391 g/mol. The number of piperidine rings is 1. The van der Waals surface area contributed by atoms with Crippen LogP contribution in [0.2, 0.25) is 0 Å². The number of hydrogen-bond donors (Lipinski definition) is 0. The van der Waals surface area contributed by atoms with Crippen molar-refractivity contribution in [2.24, 2.45) is 11.8 Å². The molecule has 2 heterocycles. The van der Waals surface area contributed by atoms with Crippen molar-refractivity contribution in [3.8, 4) is 0 Å². The van der Waals surface area contributed by atoms with Crippen LogP contribution in [-0.4, -0.2) is 85.0 Å². The molecule has 0 aromatic heterocycles. The normalized spacial score (nSPS) is 26.5. The predicted molar refractivity (Wildman–Crippen MR) is 108 cm³/mol. The molecule has 4 rings (SSSR count). The van der Waals surface area contributed by atoms with Crippen molar-refractivity contribution >= 4 is 11.8 Å². The summed E-state index contributed by atoms with van der Waals surface area (Å²) in [4.78, 5) is 31.7. The van der Waals surface area contributed by atoms with Crippen LogP contribution in [0.15, 0.2) is 0 Å². The first-order chi connectivity index (χ1) is 13.6. The van der Waals surface area contributed by atoms with E-state index in [2.05, 4.69) is 9.80 Å². The smallest absolute Gasteiger partial charge is 0.225 e. The molecule has 2 aliphatic heterocycles. The van der Waals surface area contributed by atoms with Crippen molar-refractivity contribution in [2.75, 3.05) is 46.4 Å². The lowest BCUT2D eigenvalue weighted by atomic mass is 9.98. The van der Waals surface area contributed by atoms with Gasteiger partial charge in [0.05, 0.1) is 0 Å². The molecule has 0 spiro atoms. The fourth-order valence-corrected chi connectivity index (χ4v) is 4.81. The predicted octanol–water partition coefficient (Wildman–Crippen LogP) is 2.13. The van der Waals surface area contributed by atoms with E-state index in [4.69, 9.17) is 4.74 Å². The van der Waals surface area contributed by atoms with E-state index in [1.54, 1.807) is 0 Å². The van der Waals surface area contributed by atoms with Crippen LogP contribution in [0.5, 0.6) is 0 Å². The first-order valence-corrected chi connectivity index (χ1v) is 11.5. The molecule has 2 aliphatic carbocycles. The van der Waals surface area contributed by atoms with Crippen molar-refractivity contribution in [1.29, 1.82) is 0 Å². The number of amides is 2. The van der Waals surface area contributed by atoms with Gasteiger partial charge >= 0.3 is 0 Å². The minimum atomic E-state index is 0.295. The van der Waals surface area contributed by atoms with Gasteiger partial charge in [0, 0.05) is 70.9 Å². The molecule has 1 atom stereocenters. The highest BCUT2D eigenvalue weighted by Crippen LogP contribution is 2.33. The first-order valence-electron chi connectivity index (χ1n) is 11.5. The van der Waals surface area contributed by atoms with Gasteiger partial charge in [-0.2, -0.15) is 0 Å². The molecule has 0 radical (unpaired) electrons. The highest BCUT2D eigenvalue weighted by Gasteiger charge is 2.38. The zero-order chi connectivity index (χ0) is 19.5. The molecule has 0 bridgehead atoms. The molecule has 158 valence electrons. The lowest BCUT2D eigenvalue weighted by Gasteiger charge is -2.44. The SMILES string of the molecule is CN(CCN(C1CCOCC1)C1CCCN(C(=O)C2CC2)C1)C(=O)CC1CC1. The summed E-state index contributed by atoms with van der Waals surface area (Å²) in [7, 11) is 1.96. The minimum Gasteiger partial charge on any atom is -0.381 e. The van der Waals surface area contributed by atoms with E-state index in [9.17, 15) is 9.59 Å². The van der Waals surface area contributed by atoms with Gasteiger partial charge in [-0.25, -0.2) is 0 Å². The van der Waals surface area contributed by atoms with E-state index in [-0.39, 0.29) is 0 Å². The highest BCUT2D eigenvalue weighted by molar-refractivity contribution is 5.81. The Labute approximate surface area is 169 Å². The van der Waals surface area contributed by atoms with E-state index in [1.165, 1.54) is 12.8 Å². The van der Waals surface area contributed by atoms with Crippen LogP contribution in [0.3, 0.4) is 0 Å². The maximum absolute atomic E-state index is 12.6. The molecule has 4 fully saturated rings. The zero-order valence-corrected chi connectivity index (χ0v) is 17.5. The topological polar surface area (TPSA) is 53.1 Å². The molecular formula is C22H37N3O3. The molecule has 1 unspecified atom stereocenters. The summed E-state index contributed by atoms with van der Waals surface area (Å²) in [5.41, 5.74) is 0. The van der Waals surface area contributed by atoms with Crippen LogP contribution in [0.25, 0.3) is 0 Å². The fourth-order valence-electron chi connectivity index (χ4n) is 4.81. The third-order valence-corrected chi connectivity index (χ3v) is 7.04. The van der Waals surface area contributed by atoms with Crippen LogP contribution in [-0.2, 0) is 14.3 Å². The molecule has 4 aliphatic rings. The van der Waals surface area contributed by atoms with Crippen LogP contribution >= 0.6 is 0 Å². The Morgan fingerprint density at radius 2 is 1.71 bits per heavy atom. The summed E-state index contributed by atoms with van der Waals surface area (Å²) in [5.74, 6) is 1.63. The summed E-state index contributed by atoms with van der Waals surface area (Å²) in [5, 5.41) is 0. The molecule has 0 N–H and O–H groups in total. The lowest BCUT2D eigenvalue weighted by Crippen LogP contribution is -2.55. The zero-order valence-electron chi connectivity index (χ0n) is 17.5. The van der Waals surface area contributed by atoms with Crippen molar-refractivity contribution in [3.05, 3.63) is 0 Å². The number of rotatable bonds is 8. The van der Waals surface area contributed by atoms with Crippen molar-refractivity contribution in [1.82, 2.24) is 14.7 Å². The molecule has 6 heteroatoms. The number of hydrogen-bond acceptors (Lipinski definition) is 4. The Morgan fingerprint density at radius 1 is 0.964 bits per heavy atom. The summed E-state index contributed by atoms with van der Waals surface area (Å²) >= 11 is 0. The van der Waals surface area contributed by atoms with Crippen LogP contribution in [0.1, 0.15) is 57.8 Å². The molecule has 0 aromatic rings. The van der Waals surface area contributed by atoms with Gasteiger partial charge in [-0.15, -0.1) is 0 Å². The van der Waals surface area contributed by atoms with Gasteiger partial charge in [0.1, 0.15) is 0 Å². The number of carbonyl (C=O) groups excluding carboxylic acids is 2. The number of carbonyl (C=O) groups is 2.